The smallest absolute Gasteiger partial charge is 0.113 e. The van der Waals surface area contributed by atoms with Gasteiger partial charge in [0.2, 0.25) is 0 Å². The van der Waals surface area contributed by atoms with Crippen LogP contribution < -0.4 is 0 Å². The molecule has 0 atom stereocenters. The van der Waals surface area contributed by atoms with E-state index in [0.717, 1.165) is 25.0 Å². The summed E-state index contributed by atoms with van der Waals surface area (Å²) in [6, 6.07) is 19.3. The van der Waals surface area contributed by atoms with Crippen LogP contribution in [0.25, 0.3) is 0 Å². The Morgan fingerprint density at radius 2 is 1.52 bits per heavy atom. The zero-order valence-electron chi connectivity index (χ0n) is 13.0. The van der Waals surface area contributed by atoms with Crippen molar-refractivity contribution in [3.63, 3.8) is 0 Å². The first-order chi connectivity index (χ1) is 10.3. The van der Waals surface area contributed by atoms with Crippen LogP contribution in [0.5, 0.6) is 0 Å². The molecule has 0 radical (unpaired) electrons. The first-order valence-electron chi connectivity index (χ1n) is 7.71. The number of ether oxygens (including phenoxy) is 1. The molecule has 21 heavy (non-hydrogen) atoms. The van der Waals surface area contributed by atoms with Crippen molar-refractivity contribution in [3.05, 3.63) is 83.1 Å². The van der Waals surface area contributed by atoms with Crippen molar-refractivity contribution in [2.45, 2.75) is 39.7 Å². The minimum absolute atomic E-state index is 0.658. The van der Waals surface area contributed by atoms with Crippen molar-refractivity contribution >= 4 is 0 Å². The van der Waals surface area contributed by atoms with E-state index in [2.05, 4.69) is 67.6 Å². The van der Waals surface area contributed by atoms with E-state index in [-0.39, 0.29) is 0 Å². The Bertz CT molecular complexity index is 552. The maximum Gasteiger partial charge on any atom is 0.113 e. The summed E-state index contributed by atoms with van der Waals surface area (Å²) in [4.78, 5) is 0. The molecular formula is C20H24O. The summed E-state index contributed by atoms with van der Waals surface area (Å²) < 4.78 is 5.84. The molecule has 2 aromatic rings. The Kier molecular flexibility index (Phi) is 6.08. The Morgan fingerprint density at radius 3 is 2.14 bits per heavy atom. The molecule has 0 N–H and O–H groups in total. The molecule has 0 unspecified atom stereocenters. The Hall–Kier alpha value is -2.02. The lowest BCUT2D eigenvalue weighted by atomic mass is 10.0. The van der Waals surface area contributed by atoms with Gasteiger partial charge in [-0.25, -0.2) is 0 Å². The van der Waals surface area contributed by atoms with Gasteiger partial charge >= 0.3 is 0 Å². The van der Waals surface area contributed by atoms with Crippen LogP contribution in [0.4, 0.5) is 0 Å². The van der Waals surface area contributed by atoms with Crippen LogP contribution in [0, 0.1) is 0 Å². The quantitative estimate of drug-likeness (QED) is 0.609. The van der Waals surface area contributed by atoms with Gasteiger partial charge in [0.1, 0.15) is 6.61 Å². The molecule has 0 bridgehead atoms. The van der Waals surface area contributed by atoms with Crippen molar-refractivity contribution < 1.29 is 4.74 Å². The van der Waals surface area contributed by atoms with Crippen LogP contribution in [0.15, 0.2) is 66.4 Å². The van der Waals surface area contributed by atoms with E-state index in [1.807, 2.05) is 6.92 Å². The van der Waals surface area contributed by atoms with Gasteiger partial charge in [-0.2, -0.15) is 0 Å². The molecule has 110 valence electrons. The summed E-state index contributed by atoms with van der Waals surface area (Å²) in [6.07, 6.45) is 5.18. The van der Waals surface area contributed by atoms with Crippen LogP contribution >= 0.6 is 0 Å². The molecule has 0 saturated heterocycles. The standard InChI is InChI=1S/C20H24O/c1-3-8-20(4-2)21-16-19-13-11-18(12-14-19)15-17-9-6-5-7-10-17/h4-7,9-14H,3,8,15-16H2,1-2H3. The van der Waals surface area contributed by atoms with Crippen LogP contribution in [0.2, 0.25) is 0 Å². The third-order valence-corrected chi connectivity index (χ3v) is 3.52. The number of benzene rings is 2. The summed E-state index contributed by atoms with van der Waals surface area (Å²) in [6.45, 7) is 4.87. The fraction of sp³-hybridized carbons (Fsp3) is 0.300. The molecule has 1 heteroatoms. The molecule has 0 fully saturated rings. The van der Waals surface area contributed by atoms with Crippen LogP contribution in [-0.2, 0) is 17.8 Å². The Balaban J connectivity index is 1.90. The van der Waals surface area contributed by atoms with Crippen molar-refractivity contribution in [2.75, 3.05) is 0 Å². The highest BCUT2D eigenvalue weighted by Crippen LogP contribution is 2.14. The van der Waals surface area contributed by atoms with E-state index in [0.29, 0.717) is 6.61 Å². The molecule has 0 amide bonds. The van der Waals surface area contributed by atoms with Gasteiger partial charge in [-0.05, 0) is 42.5 Å². The van der Waals surface area contributed by atoms with Gasteiger partial charge in [-0.15, -0.1) is 0 Å². The number of hydrogen-bond donors (Lipinski definition) is 0. The lowest BCUT2D eigenvalue weighted by molar-refractivity contribution is 0.188. The van der Waals surface area contributed by atoms with Crippen LogP contribution in [0.3, 0.4) is 0 Å². The van der Waals surface area contributed by atoms with E-state index in [4.69, 9.17) is 4.74 Å². The summed E-state index contributed by atoms with van der Waals surface area (Å²) >= 11 is 0. The molecular weight excluding hydrogens is 256 g/mol. The monoisotopic (exact) mass is 280 g/mol. The van der Waals surface area contributed by atoms with Gasteiger partial charge in [0.25, 0.3) is 0 Å². The third kappa shape index (κ3) is 5.11. The highest BCUT2D eigenvalue weighted by molar-refractivity contribution is 5.28. The van der Waals surface area contributed by atoms with Gasteiger partial charge in [0, 0.05) is 6.42 Å². The fourth-order valence-electron chi connectivity index (χ4n) is 2.31. The van der Waals surface area contributed by atoms with E-state index >= 15 is 0 Å². The first-order valence-corrected chi connectivity index (χ1v) is 7.71. The first kappa shape index (κ1) is 15.4. The van der Waals surface area contributed by atoms with Gasteiger partial charge in [0.05, 0.1) is 5.76 Å². The number of allylic oxidation sites excluding steroid dienone is 2. The normalized spacial score (nSPS) is 11.4. The molecule has 0 aliphatic heterocycles. The highest BCUT2D eigenvalue weighted by atomic mass is 16.5. The fourth-order valence-corrected chi connectivity index (χ4v) is 2.31. The molecule has 2 rings (SSSR count). The van der Waals surface area contributed by atoms with Crippen molar-refractivity contribution in [1.82, 2.24) is 0 Å². The molecule has 1 nitrogen and oxygen atoms in total. The zero-order chi connectivity index (χ0) is 14.9. The minimum Gasteiger partial charge on any atom is -0.494 e. The molecule has 0 heterocycles. The second kappa shape index (κ2) is 8.31. The molecule has 0 aliphatic carbocycles. The SMILES string of the molecule is CC=C(CCC)OCc1ccc(Cc2ccccc2)cc1. The maximum atomic E-state index is 5.84. The van der Waals surface area contributed by atoms with Crippen molar-refractivity contribution in [3.8, 4) is 0 Å². The molecule has 0 spiro atoms. The lowest BCUT2D eigenvalue weighted by Gasteiger charge is -2.10. The van der Waals surface area contributed by atoms with Gasteiger partial charge in [0.15, 0.2) is 0 Å². The highest BCUT2D eigenvalue weighted by Gasteiger charge is 2.00. The van der Waals surface area contributed by atoms with Crippen LogP contribution in [0.1, 0.15) is 43.4 Å². The second-order valence-corrected chi connectivity index (χ2v) is 5.27. The Labute approximate surface area is 128 Å². The minimum atomic E-state index is 0.658. The number of hydrogen-bond acceptors (Lipinski definition) is 1. The van der Waals surface area contributed by atoms with Crippen molar-refractivity contribution in [1.29, 1.82) is 0 Å². The largest absolute Gasteiger partial charge is 0.494 e. The lowest BCUT2D eigenvalue weighted by Crippen LogP contribution is -1.95. The summed E-state index contributed by atoms with van der Waals surface area (Å²) in [5, 5.41) is 0. The van der Waals surface area contributed by atoms with E-state index in [1.54, 1.807) is 0 Å². The topological polar surface area (TPSA) is 9.23 Å². The number of rotatable bonds is 7. The molecule has 0 aliphatic rings. The zero-order valence-corrected chi connectivity index (χ0v) is 13.0. The van der Waals surface area contributed by atoms with Crippen LogP contribution in [-0.4, -0.2) is 0 Å². The predicted octanol–water partition coefficient (Wildman–Crippen LogP) is 5.50. The van der Waals surface area contributed by atoms with Gasteiger partial charge < -0.3 is 4.74 Å². The summed E-state index contributed by atoms with van der Waals surface area (Å²) in [7, 11) is 0. The van der Waals surface area contributed by atoms with Gasteiger partial charge in [-0.1, -0.05) is 61.5 Å². The van der Waals surface area contributed by atoms with Gasteiger partial charge in [-0.3, -0.25) is 0 Å². The van der Waals surface area contributed by atoms with E-state index in [9.17, 15) is 0 Å². The maximum absolute atomic E-state index is 5.84. The Morgan fingerprint density at radius 1 is 0.905 bits per heavy atom. The summed E-state index contributed by atoms with van der Waals surface area (Å²) in [5.41, 5.74) is 3.91. The summed E-state index contributed by atoms with van der Waals surface area (Å²) in [5.74, 6) is 1.09. The van der Waals surface area contributed by atoms with E-state index in [1.165, 1.54) is 16.7 Å². The average Bonchev–Trinajstić information content (AvgIpc) is 2.54. The van der Waals surface area contributed by atoms with Crippen molar-refractivity contribution in [2.24, 2.45) is 0 Å². The molecule has 2 aromatic carbocycles. The predicted molar refractivity (Wildman–Crippen MR) is 89.1 cm³/mol. The molecule has 0 saturated carbocycles. The average molecular weight is 280 g/mol. The third-order valence-electron chi connectivity index (χ3n) is 3.52. The van der Waals surface area contributed by atoms with E-state index < -0.39 is 0 Å². The second-order valence-electron chi connectivity index (χ2n) is 5.27. The molecule has 0 aromatic heterocycles.